The fraction of sp³-hybridized carbons (Fsp3) is 0.682. The van der Waals surface area contributed by atoms with Crippen molar-refractivity contribution in [1.82, 2.24) is 28.9 Å². The summed E-state index contributed by atoms with van der Waals surface area (Å²) in [5.41, 5.74) is 9.61. The van der Waals surface area contributed by atoms with Gasteiger partial charge in [0.1, 0.15) is 19.2 Å². The van der Waals surface area contributed by atoms with Crippen LogP contribution in [0.5, 0.6) is 0 Å². The number of amides is 5. The quantitative estimate of drug-likeness (QED) is 0.0237. The van der Waals surface area contributed by atoms with Crippen molar-refractivity contribution in [2.24, 2.45) is 29.3 Å². The van der Waals surface area contributed by atoms with E-state index in [1.165, 1.54) is 6.42 Å². The van der Waals surface area contributed by atoms with Gasteiger partial charge in [-0.05, 0) is 68.3 Å². The maximum atomic E-state index is 12.4. The molecule has 18 heteroatoms. The van der Waals surface area contributed by atoms with Crippen molar-refractivity contribution in [3.8, 4) is 0 Å². The fourth-order valence-electron chi connectivity index (χ4n) is 6.26. The van der Waals surface area contributed by atoms with E-state index < -0.39 is 12.2 Å². The minimum absolute atomic E-state index is 0.0284. The van der Waals surface area contributed by atoms with Gasteiger partial charge >= 0.3 is 148 Å². The fourth-order valence-corrected chi connectivity index (χ4v) is 6.70. The van der Waals surface area contributed by atoms with Gasteiger partial charge in [-0.1, -0.05) is 54.9 Å². The Morgan fingerprint density at radius 1 is 0.871 bits per heavy atom. The number of rotatable bonds is 21. The number of carbonyl (C=O) groups excluding carboxylic acids is 6. The van der Waals surface area contributed by atoms with Crippen LogP contribution in [0.3, 0.4) is 0 Å². The summed E-state index contributed by atoms with van der Waals surface area (Å²) < 4.78 is 12.0. The minimum Gasteiger partial charge on any atom is -0.449 e. The molecule has 0 saturated heterocycles. The summed E-state index contributed by atoms with van der Waals surface area (Å²) in [5.74, 6) is 7.47. The number of unbranched alkanes of at least 4 members (excludes halogenated alkanes) is 2. The standard InChI is InChI=1S/C19H31N5O4.C18H30N4O4.C3H8.2C2H6.Hg/c1-4-11-23-19(27)28-13-14-7-9-15(10-8-14)24-17(25)16(20-2)6-5-12-22-18(26)21-3;19-16-6-4-13-14(15(13)12-26-18(25)21-8-11-24)5-7-17(16)22(20)9-2-1-3-10-23;1-3-2;2*1-2;/h7-10,16,20H,4-6,11-13H2,1-3H3,(H4,21,22,23,24,25,26,27);10-11,13-15H,1-9,12,19-20H2,(H,21,25);3H2,1-2H3;2*1-2H3;/q;;;;;+1/p-1/b;17-16-;;;;. The van der Waals surface area contributed by atoms with Gasteiger partial charge in [0.15, 0.2) is 0 Å². The maximum absolute atomic E-state index is 12.4. The molecule has 1 saturated carbocycles. The van der Waals surface area contributed by atoms with Crippen LogP contribution in [0.15, 0.2) is 35.7 Å². The summed E-state index contributed by atoms with van der Waals surface area (Å²) in [5, 5.41) is 15.5. The van der Waals surface area contributed by atoms with Crippen molar-refractivity contribution in [3.05, 3.63) is 41.2 Å². The number of aldehydes is 2. The third-order valence-electron chi connectivity index (χ3n) is 9.46. The number of carbonyl (C=O) groups is 6. The molecule has 0 bridgehead atoms. The molecule has 0 radical (unpaired) electrons. The summed E-state index contributed by atoms with van der Waals surface area (Å²) in [6.07, 6.45) is 9.82. The van der Waals surface area contributed by atoms with E-state index in [9.17, 15) is 28.8 Å². The first kappa shape index (κ1) is 60.1. The summed E-state index contributed by atoms with van der Waals surface area (Å²) in [6.45, 7) is 16.6. The zero-order chi connectivity index (χ0) is 47.3. The molecule has 17 nitrogen and oxygen atoms in total. The van der Waals surface area contributed by atoms with E-state index in [0.717, 1.165) is 68.2 Å². The number of nitrogens with two attached hydrogens (primary N) is 2. The monoisotopic (exact) mass is 1060 g/mol. The molecule has 1 aromatic carbocycles. The topological polar surface area (TPSA) is 240 Å². The van der Waals surface area contributed by atoms with E-state index in [1.807, 2.05) is 34.6 Å². The summed E-state index contributed by atoms with van der Waals surface area (Å²) >= 11 is 0.263. The molecule has 351 valence electrons. The van der Waals surface area contributed by atoms with Gasteiger partial charge in [0.05, 0.1) is 13.2 Å². The molecule has 0 aromatic heterocycles. The smallest absolute Gasteiger partial charge is 0.449 e. The Morgan fingerprint density at radius 2 is 1.48 bits per heavy atom. The molecule has 3 rings (SSSR count). The number of fused-ring (bicyclic) bond motifs is 1. The Kier molecular flexibility index (Phi) is 37.5. The van der Waals surface area contributed by atoms with Crippen LogP contribution >= 0.6 is 0 Å². The normalized spacial score (nSPS) is 17.3. The Bertz CT molecular complexity index is 1420. The molecular weight excluding hydrogens is 983 g/mol. The van der Waals surface area contributed by atoms with Gasteiger partial charge < -0.3 is 40.4 Å². The van der Waals surface area contributed by atoms with Crippen LogP contribution in [0.2, 0.25) is 0 Å². The first-order chi connectivity index (χ1) is 29.9. The van der Waals surface area contributed by atoms with E-state index in [4.69, 9.17) is 21.1 Å². The van der Waals surface area contributed by atoms with Gasteiger partial charge in [0, 0.05) is 30.9 Å². The van der Waals surface area contributed by atoms with Gasteiger partial charge in [0.25, 0.3) is 0 Å². The van der Waals surface area contributed by atoms with Crippen molar-refractivity contribution in [1.29, 1.82) is 0 Å². The van der Waals surface area contributed by atoms with Crippen LogP contribution in [0, 0.1) is 17.8 Å². The second-order valence-corrected chi connectivity index (χ2v) is 18.0. The number of benzene rings is 1. The number of nitrogens with zero attached hydrogens (tertiary/aromatic N) is 2. The molecule has 2 aliphatic rings. The summed E-state index contributed by atoms with van der Waals surface area (Å²) in [6, 6.07) is 6.74. The number of alkyl carbamates (subject to hydrolysis) is 2. The molecule has 2 aliphatic carbocycles. The minimum atomic E-state index is -0.543. The Hall–Kier alpha value is -3.96. The van der Waals surface area contributed by atoms with Crippen molar-refractivity contribution in [2.75, 3.05) is 52.2 Å². The zero-order valence-corrected chi connectivity index (χ0v) is 44.8. The Morgan fingerprint density at radius 3 is 2.05 bits per heavy atom. The van der Waals surface area contributed by atoms with E-state index in [2.05, 4.69) is 40.4 Å². The third kappa shape index (κ3) is 27.2. The molecule has 9 N–H and O–H groups in total. The zero-order valence-electron chi connectivity index (χ0n) is 39.3. The van der Waals surface area contributed by atoms with E-state index in [0.29, 0.717) is 75.2 Å². The van der Waals surface area contributed by atoms with Crippen LogP contribution in [0.25, 0.3) is 0 Å². The summed E-state index contributed by atoms with van der Waals surface area (Å²) in [7, 11) is 3.50. The van der Waals surface area contributed by atoms with Gasteiger partial charge in [-0.3, -0.25) is 0 Å². The first-order valence-electron chi connectivity index (χ1n) is 22.4. The van der Waals surface area contributed by atoms with Crippen molar-refractivity contribution in [3.63, 3.8) is 0 Å². The second kappa shape index (κ2) is 38.7. The molecule has 1 aromatic rings. The van der Waals surface area contributed by atoms with Gasteiger partial charge in [0.2, 0.25) is 0 Å². The molecule has 0 heterocycles. The first-order valence-corrected chi connectivity index (χ1v) is 24.9. The van der Waals surface area contributed by atoms with Crippen molar-refractivity contribution in [2.45, 2.75) is 132 Å². The third-order valence-corrected chi connectivity index (χ3v) is 10.6. The van der Waals surface area contributed by atoms with Gasteiger partial charge in [-0.25, -0.2) is 15.4 Å². The summed E-state index contributed by atoms with van der Waals surface area (Å²) in [4.78, 5) is 67.5. The number of hydrogen-bond acceptors (Lipinski definition) is 12. The predicted molar refractivity (Wildman–Crippen MR) is 242 cm³/mol. The molecule has 0 aliphatic heterocycles. The molecular formula is C44H80HgN9O8. The van der Waals surface area contributed by atoms with Crippen LogP contribution in [0.1, 0.15) is 125 Å². The Labute approximate surface area is 388 Å². The van der Waals surface area contributed by atoms with E-state index >= 15 is 0 Å². The predicted octanol–water partition coefficient (Wildman–Crippen LogP) is 6.26. The Balaban J connectivity index is 0. The molecule has 5 amide bonds. The van der Waals surface area contributed by atoms with Crippen molar-refractivity contribution < 1.29 is 64.7 Å². The van der Waals surface area contributed by atoms with Gasteiger partial charge in [-0.2, -0.15) is 0 Å². The number of hydrazine groups is 1. The number of ether oxygens (including phenoxy) is 2. The number of allylic oxidation sites excluding steroid dienone is 2. The molecule has 4 atom stereocenters. The van der Waals surface area contributed by atoms with Crippen LogP contribution < -0.4 is 38.2 Å². The van der Waals surface area contributed by atoms with Gasteiger partial charge in [-0.15, -0.1) is 0 Å². The number of urea groups is 1. The van der Waals surface area contributed by atoms with Crippen LogP contribution in [-0.4, -0.2) is 97.3 Å². The van der Waals surface area contributed by atoms with Crippen molar-refractivity contribution >= 4 is 42.4 Å². The molecule has 0 spiro atoms. The van der Waals surface area contributed by atoms with E-state index in [-0.39, 0.29) is 57.6 Å². The number of likely N-dealkylation sites (N-methyl/N-ethyl adjacent to an activating group) is 1. The number of hydrogen-bond donors (Lipinski definition) is 7. The van der Waals surface area contributed by atoms with E-state index in [1.54, 1.807) is 46.0 Å². The number of anilines is 1. The SMILES string of the molecule is CC.CC.CCC.CCCNC(=O)OCc1ccc(NC(=O)C(CCCNC(=O)[N](C)[Hg])NC)cc1.N/C1=C(\N(N)CCCCC=O)CCC2C(CC1)C2COC(=O)NCC=O. The number of nitrogens with one attached hydrogen (secondary N) is 5. The average molecular weight is 1060 g/mol. The molecule has 62 heavy (non-hydrogen) atoms. The molecule has 1 fully saturated rings. The van der Waals surface area contributed by atoms with Crippen LogP contribution in [-0.2, 0) is 56.9 Å². The van der Waals surface area contributed by atoms with Crippen LogP contribution in [0.4, 0.5) is 20.1 Å². The molecule has 4 unspecified atom stereocenters. The second-order valence-electron chi connectivity index (χ2n) is 14.4. The average Bonchev–Trinajstić information content (AvgIpc) is 3.94.